The fourth-order valence-corrected chi connectivity index (χ4v) is 4.88. The number of nitrogens with zero attached hydrogens (tertiary/aromatic N) is 1. The lowest BCUT2D eigenvalue weighted by Crippen LogP contribution is -2.38. The van der Waals surface area contributed by atoms with Gasteiger partial charge in [0.15, 0.2) is 0 Å². The highest BCUT2D eigenvalue weighted by molar-refractivity contribution is 6.09. The Morgan fingerprint density at radius 3 is 2.37 bits per heavy atom. The molecule has 3 amide bonds. The van der Waals surface area contributed by atoms with Crippen LogP contribution in [0.3, 0.4) is 0 Å². The second-order valence-electron chi connectivity index (χ2n) is 10.7. The summed E-state index contributed by atoms with van der Waals surface area (Å²) < 4.78 is 0. The maximum absolute atomic E-state index is 12.8. The molecule has 8 nitrogen and oxygen atoms in total. The topological polar surface area (TPSA) is 120 Å². The Balaban J connectivity index is 1.52. The van der Waals surface area contributed by atoms with Crippen molar-refractivity contribution in [2.24, 2.45) is 10.8 Å². The van der Waals surface area contributed by atoms with Gasteiger partial charge in [-0.15, -0.1) is 0 Å². The molecule has 0 aliphatic heterocycles. The summed E-state index contributed by atoms with van der Waals surface area (Å²) in [4.78, 5) is 41.4. The van der Waals surface area contributed by atoms with Crippen LogP contribution in [0.5, 0.6) is 0 Å². The molecule has 35 heavy (non-hydrogen) atoms. The number of hydrogen-bond donors (Lipinski definition) is 4. The third kappa shape index (κ3) is 7.48. The van der Waals surface area contributed by atoms with Gasteiger partial charge in [0.05, 0.1) is 17.2 Å². The molecule has 1 heterocycles. The van der Waals surface area contributed by atoms with Crippen LogP contribution >= 0.6 is 0 Å². The molecular weight excluding hydrogens is 444 g/mol. The predicted molar refractivity (Wildman–Crippen MR) is 135 cm³/mol. The van der Waals surface area contributed by atoms with Crippen molar-refractivity contribution < 1.29 is 19.6 Å². The Morgan fingerprint density at radius 1 is 1.03 bits per heavy atom. The van der Waals surface area contributed by atoms with Crippen molar-refractivity contribution in [3.8, 4) is 0 Å². The molecule has 0 bridgehead atoms. The first kappa shape index (κ1) is 26.1. The van der Waals surface area contributed by atoms with Crippen molar-refractivity contribution in [2.75, 3.05) is 5.32 Å². The summed E-state index contributed by atoms with van der Waals surface area (Å²) in [6, 6.07) is 9.25. The molecule has 1 atom stereocenters. The summed E-state index contributed by atoms with van der Waals surface area (Å²) in [5.41, 5.74) is 2.88. The van der Waals surface area contributed by atoms with E-state index in [0.29, 0.717) is 30.5 Å². The smallest absolute Gasteiger partial charge is 0.255 e. The monoisotopic (exact) mass is 478 g/mol. The van der Waals surface area contributed by atoms with E-state index in [1.54, 1.807) is 17.8 Å². The maximum atomic E-state index is 12.8. The number of nitrogens with one attached hydrogen (secondary N) is 3. The van der Waals surface area contributed by atoms with Gasteiger partial charge in [-0.1, -0.05) is 64.1 Å². The Bertz CT molecular complexity index is 1160. The van der Waals surface area contributed by atoms with E-state index in [9.17, 15) is 14.4 Å². The Labute approximate surface area is 205 Å². The summed E-state index contributed by atoms with van der Waals surface area (Å²) >= 11 is 0. The molecule has 186 valence electrons. The van der Waals surface area contributed by atoms with Crippen molar-refractivity contribution >= 4 is 34.3 Å². The molecule has 0 fully saturated rings. The molecule has 0 radical (unpaired) electrons. The lowest BCUT2D eigenvalue weighted by molar-refractivity contribution is -0.131. The van der Waals surface area contributed by atoms with Gasteiger partial charge in [-0.3, -0.25) is 24.6 Å². The third-order valence-corrected chi connectivity index (χ3v) is 5.95. The predicted octanol–water partition coefficient (Wildman–Crippen LogP) is 4.27. The quantitative estimate of drug-likeness (QED) is 0.317. The number of benzene rings is 1. The SMILES string of the molecule is CC(C)(CC(=O)NO)CC(C)(C)CC(=O)NC1C=CC(C(=O)Nc2cccc3cccnc23)=CC1. The molecule has 1 aliphatic carbocycles. The average Bonchev–Trinajstić information content (AvgIpc) is 2.78. The van der Waals surface area contributed by atoms with Gasteiger partial charge in [-0.2, -0.15) is 0 Å². The van der Waals surface area contributed by atoms with Crippen molar-refractivity contribution in [2.45, 2.75) is 59.4 Å². The van der Waals surface area contributed by atoms with Gasteiger partial charge in [-0.05, 0) is 35.8 Å². The van der Waals surface area contributed by atoms with E-state index in [2.05, 4.69) is 15.6 Å². The summed E-state index contributed by atoms with van der Waals surface area (Å²) in [6.45, 7) is 7.87. The van der Waals surface area contributed by atoms with Gasteiger partial charge >= 0.3 is 0 Å². The van der Waals surface area contributed by atoms with Crippen LogP contribution in [0.2, 0.25) is 0 Å². The van der Waals surface area contributed by atoms with Crippen molar-refractivity contribution in [1.29, 1.82) is 0 Å². The number of anilines is 1. The molecule has 2 aromatic rings. The molecule has 0 saturated heterocycles. The molecular formula is C27H34N4O4. The summed E-state index contributed by atoms with van der Waals surface area (Å²) in [7, 11) is 0. The first-order chi connectivity index (χ1) is 16.5. The number of carbonyl (C=O) groups is 3. The summed E-state index contributed by atoms with van der Waals surface area (Å²) in [5, 5.41) is 15.7. The van der Waals surface area contributed by atoms with Gasteiger partial charge in [0.25, 0.3) is 5.91 Å². The molecule has 4 N–H and O–H groups in total. The Kier molecular flexibility index (Phi) is 8.07. The second-order valence-corrected chi connectivity index (χ2v) is 10.7. The zero-order valence-corrected chi connectivity index (χ0v) is 20.7. The van der Waals surface area contributed by atoms with Crippen LogP contribution in [-0.4, -0.2) is 34.0 Å². The number of amides is 3. The number of hydroxylamine groups is 1. The third-order valence-electron chi connectivity index (χ3n) is 5.95. The lowest BCUT2D eigenvalue weighted by Gasteiger charge is -2.34. The van der Waals surface area contributed by atoms with Crippen LogP contribution in [-0.2, 0) is 14.4 Å². The summed E-state index contributed by atoms with van der Waals surface area (Å²) in [6.07, 6.45) is 8.69. The number of rotatable bonds is 9. The summed E-state index contributed by atoms with van der Waals surface area (Å²) in [5.74, 6) is -0.749. The molecule has 1 aromatic heterocycles. The van der Waals surface area contributed by atoms with Gasteiger partial charge in [0.2, 0.25) is 11.8 Å². The second kappa shape index (κ2) is 10.8. The van der Waals surface area contributed by atoms with E-state index in [1.165, 1.54) is 0 Å². The fraction of sp³-hybridized carbons (Fsp3) is 0.407. The van der Waals surface area contributed by atoms with Gasteiger partial charge in [0.1, 0.15) is 0 Å². The van der Waals surface area contributed by atoms with Crippen molar-refractivity contribution in [3.05, 3.63) is 60.3 Å². The van der Waals surface area contributed by atoms with Gasteiger partial charge < -0.3 is 10.6 Å². The van der Waals surface area contributed by atoms with Crippen LogP contribution in [0.15, 0.2) is 60.3 Å². The largest absolute Gasteiger partial charge is 0.350 e. The van der Waals surface area contributed by atoms with E-state index >= 15 is 0 Å². The van der Waals surface area contributed by atoms with Crippen LogP contribution in [0.4, 0.5) is 5.69 Å². The first-order valence-corrected chi connectivity index (χ1v) is 11.7. The number of carbonyl (C=O) groups excluding carboxylic acids is 3. The van der Waals surface area contributed by atoms with Crippen molar-refractivity contribution in [1.82, 2.24) is 15.8 Å². The average molecular weight is 479 g/mol. The normalized spacial score (nSPS) is 15.9. The minimum absolute atomic E-state index is 0.0878. The molecule has 1 aromatic carbocycles. The number of para-hydroxylation sites is 1. The molecule has 3 rings (SSSR count). The number of aromatic nitrogens is 1. The first-order valence-electron chi connectivity index (χ1n) is 11.7. The van der Waals surface area contributed by atoms with Gasteiger partial charge in [0, 0.05) is 30.0 Å². The number of hydrogen-bond acceptors (Lipinski definition) is 5. The van der Waals surface area contributed by atoms with E-state index in [0.717, 1.165) is 10.9 Å². The van der Waals surface area contributed by atoms with E-state index in [4.69, 9.17) is 5.21 Å². The molecule has 1 unspecified atom stereocenters. The standard InChI is InChI=1S/C27H34N4O4/c1-26(2,17-27(3,4)16-23(33)31-35)15-22(32)29-20-12-10-19(11-13-20)25(34)30-21-9-5-7-18-8-6-14-28-24(18)21/h5-12,14,20,35H,13,15-17H2,1-4H3,(H,29,32)(H,30,34)(H,31,33). The van der Waals surface area contributed by atoms with E-state index in [1.807, 2.05) is 70.2 Å². The van der Waals surface area contributed by atoms with E-state index < -0.39 is 5.91 Å². The number of pyridine rings is 1. The number of fused-ring (bicyclic) bond motifs is 1. The maximum Gasteiger partial charge on any atom is 0.255 e. The van der Waals surface area contributed by atoms with Crippen LogP contribution in [0.1, 0.15) is 53.4 Å². The van der Waals surface area contributed by atoms with E-state index in [-0.39, 0.29) is 35.1 Å². The highest BCUT2D eigenvalue weighted by Gasteiger charge is 2.32. The zero-order chi connectivity index (χ0) is 25.6. The zero-order valence-electron chi connectivity index (χ0n) is 20.7. The molecule has 1 aliphatic rings. The van der Waals surface area contributed by atoms with Crippen LogP contribution in [0.25, 0.3) is 10.9 Å². The Hall–Kier alpha value is -3.52. The fourth-order valence-electron chi connectivity index (χ4n) is 4.88. The molecule has 0 spiro atoms. The minimum atomic E-state index is -0.439. The molecule has 0 saturated carbocycles. The lowest BCUT2D eigenvalue weighted by atomic mass is 9.71. The van der Waals surface area contributed by atoms with Crippen LogP contribution in [0, 0.1) is 10.8 Å². The minimum Gasteiger partial charge on any atom is -0.350 e. The highest BCUT2D eigenvalue weighted by atomic mass is 16.5. The van der Waals surface area contributed by atoms with Crippen LogP contribution < -0.4 is 16.1 Å². The highest BCUT2D eigenvalue weighted by Crippen LogP contribution is 2.38. The van der Waals surface area contributed by atoms with Gasteiger partial charge in [-0.25, -0.2) is 5.48 Å². The van der Waals surface area contributed by atoms with Crippen molar-refractivity contribution in [3.63, 3.8) is 0 Å². The Morgan fingerprint density at radius 2 is 1.71 bits per heavy atom. The molecule has 8 heteroatoms.